The van der Waals surface area contributed by atoms with Crippen molar-refractivity contribution in [2.75, 3.05) is 0 Å². The largest absolute Gasteiger partial charge is 0.349 e. The van der Waals surface area contributed by atoms with E-state index in [4.69, 9.17) is 0 Å². The molecule has 5 rings (SSSR count). The van der Waals surface area contributed by atoms with E-state index in [9.17, 15) is 4.79 Å². The van der Waals surface area contributed by atoms with Gasteiger partial charge in [-0.1, -0.05) is 65.7 Å². The van der Waals surface area contributed by atoms with E-state index in [1.54, 1.807) is 12.3 Å². The summed E-state index contributed by atoms with van der Waals surface area (Å²) in [6.07, 6.45) is 4.47. The zero-order chi connectivity index (χ0) is 25.1. The van der Waals surface area contributed by atoms with Gasteiger partial charge in [-0.15, -0.1) is 0 Å². The summed E-state index contributed by atoms with van der Waals surface area (Å²) in [5, 5.41) is 4.09. The van der Waals surface area contributed by atoms with Gasteiger partial charge in [-0.3, -0.25) is 9.78 Å². The number of carbonyl (C=O) groups excluding carboxylic acids is 1. The minimum absolute atomic E-state index is 0.0152. The maximum Gasteiger partial charge on any atom is 0.252 e. The molecule has 3 aromatic carbocycles. The maximum atomic E-state index is 15.9. The molecule has 0 aliphatic heterocycles. The number of hydrogen-bond donors (Lipinski definition) is 1. The molecule has 1 aliphatic carbocycles. The Labute approximate surface area is 212 Å². The molecule has 1 heterocycles. The molecule has 0 radical (unpaired) electrons. The summed E-state index contributed by atoms with van der Waals surface area (Å²) in [6.45, 7) is 4.01. The van der Waals surface area contributed by atoms with Crippen LogP contribution in [-0.2, 0) is 6.42 Å². The zero-order valence-electron chi connectivity index (χ0n) is 20.8. The topological polar surface area (TPSA) is 42.0 Å². The monoisotopic (exact) mass is 478 g/mol. The smallest absolute Gasteiger partial charge is 0.252 e. The third kappa shape index (κ3) is 5.23. The highest BCUT2D eigenvalue weighted by molar-refractivity contribution is 6.06. The normalized spacial score (nSPS) is 19.2. The average molecular weight is 479 g/mol. The van der Waals surface area contributed by atoms with Gasteiger partial charge in [0.1, 0.15) is 5.83 Å². The summed E-state index contributed by atoms with van der Waals surface area (Å²) >= 11 is 0. The molecule has 2 atom stereocenters. The number of carbonyl (C=O) groups is 1. The van der Waals surface area contributed by atoms with E-state index in [-0.39, 0.29) is 23.7 Å². The highest BCUT2D eigenvalue weighted by atomic mass is 19.1. The molecule has 0 saturated heterocycles. The van der Waals surface area contributed by atoms with E-state index >= 15 is 4.39 Å². The summed E-state index contributed by atoms with van der Waals surface area (Å²) in [7, 11) is 0. The van der Waals surface area contributed by atoms with Crippen LogP contribution >= 0.6 is 0 Å². The summed E-state index contributed by atoms with van der Waals surface area (Å²) in [6, 6.07) is 25.6. The van der Waals surface area contributed by atoms with Crippen LogP contribution in [0.25, 0.3) is 16.7 Å². The molecule has 1 saturated carbocycles. The second kappa shape index (κ2) is 10.4. The third-order valence-electron chi connectivity index (χ3n) is 7.13. The summed E-state index contributed by atoms with van der Waals surface area (Å²) in [4.78, 5) is 17.7. The lowest BCUT2D eigenvalue weighted by atomic mass is 9.77. The number of aromatic nitrogens is 1. The van der Waals surface area contributed by atoms with Crippen molar-refractivity contribution >= 4 is 22.6 Å². The Morgan fingerprint density at radius 2 is 1.69 bits per heavy atom. The fourth-order valence-electron chi connectivity index (χ4n) is 5.51. The lowest BCUT2D eigenvalue weighted by molar-refractivity contribution is 0.0927. The number of pyridine rings is 1. The minimum atomic E-state index is -0.104. The van der Waals surface area contributed by atoms with Crippen LogP contribution < -0.4 is 5.32 Å². The molecule has 1 aliphatic rings. The van der Waals surface area contributed by atoms with E-state index < -0.39 is 0 Å². The van der Waals surface area contributed by atoms with E-state index in [0.29, 0.717) is 30.4 Å². The predicted molar refractivity (Wildman–Crippen MR) is 144 cm³/mol. The molecule has 1 amide bonds. The lowest BCUT2D eigenvalue weighted by Gasteiger charge is -2.33. The highest BCUT2D eigenvalue weighted by Crippen LogP contribution is 2.38. The van der Waals surface area contributed by atoms with Gasteiger partial charge in [0.15, 0.2) is 0 Å². The zero-order valence-corrected chi connectivity index (χ0v) is 20.8. The Hall–Kier alpha value is -3.79. The van der Waals surface area contributed by atoms with Crippen molar-refractivity contribution in [1.29, 1.82) is 0 Å². The number of nitrogens with one attached hydrogen (secondary N) is 1. The second-order valence-corrected chi connectivity index (χ2v) is 9.92. The number of allylic oxidation sites excluding steroid dienone is 1. The molecule has 1 N–H and O–H groups in total. The minimum Gasteiger partial charge on any atom is -0.349 e. The number of amides is 1. The van der Waals surface area contributed by atoms with E-state index in [2.05, 4.69) is 28.5 Å². The van der Waals surface area contributed by atoms with E-state index in [0.717, 1.165) is 34.0 Å². The van der Waals surface area contributed by atoms with Gasteiger partial charge < -0.3 is 5.32 Å². The fourth-order valence-corrected chi connectivity index (χ4v) is 5.51. The number of hydrogen-bond acceptors (Lipinski definition) is 2. The summed E-state index contributed by atoms with van der Waals surface area (Å²) < 4.78 is 15.9. The molecule has 4 aromatic rings. The van der Waals surface area contributed by atoms with Gasteiger partial charge in [0, 0.05) is 23.2 Å². The first kappa shape index (κ1) is 23.9. The Bertz CT molecular complexity index is 1400. The molecule has 2 unspecified atom stereocenters. The quantitative estimate of drug-likeness (QED) is 0.325. The standard InChI is InChI=1S/C32H31FN2O/c1-21-16-22(2)18-25(17-21)31(33)27-13-12-26(20-24(27)19-23-8-4-3-5-9-23)35-32(36)29-14-15-34-30-11-7-6-10-28(29)30/h3-11,14-18,24,26H,12-13,19-20H2,1-2H3,(H,35,36)/b31-27+. The Balaban J connectivity index is 1.42. The van der Waals surface area contributed by atoms with Crippen LogP contribution in [0.4, 0.5) is 4.39 Å². The number of rotatable bonds is 5. The first-order valence-electron chi connectivity index (χ1n) is 12.6. The molecular formula is C32H31FN2O. The molecule has 182 valence electrons. The van der Waals surface area contributed by atoms with Crippen molar-refractivity contribution in [3.8, 4) is 0 Å². The molecule has 1 fully saturated rings. The molecule has 1 aromatic heterocycles. The van der Waals surface area contributed by atoms with Crippen molar-refractivity contribution in [1.82, 2.24) is 10.3 Å². The molecule has 36 heavy (non-hydrogen) atoms. The van der Waals surface area contributed by atoms with Gasteiger partial charge in [0.25, 0.3) is 5.91 Å². The first-order chi connectivity index (χ1) is 17.5. The molecule has 0 bridgehead atoms. The number of benzene rings is 3. The van der Waals surface area contributed by atoms with E-state index in [1.165, 1.54) is 5.56 Å². The predicted octanol–water partition coefficient (Wildman–Crippen LogP) is 7.37. The number of fused-ring (bicyclic) bond motifs is 1. The summed E-state index contributed by atoms with van der Waals surface area (Å²) in [5.41, 5.74) is 6.26. The van der Waals surface area contributed by atoms with Crippen LogP contribution in [0.15, 0.2) is 90.6 Å². The van der Waals surface area contributed by atoms with Gasteiger partial charge in [-0.05, 0) is 80.9 Å². The molecule has 4 heteroatoms. The van der Waals surface area contributed by atoms with Gasteiger partial charge in [0.2, 0.25) is 0 Å². The maximum absolute atomic E-state index is 15.9. The Morgan fingerprint density at radius 3 is 2.47 bits per heavy atom. The van der Waals surface area contributed by atoms with Crippen LogP contribution in [-0.4, -0.2) is 16.9 Å². The molecule has 3 nitrogen and oxygen atoms in total. The van der Waals surface area contributed by atoms with Crippen molar-refractivity contribution in [3.63, 3.8) is 0 Å². The lowest BCUT2D eigenvalue weighted by Crippen LogP contribution is -2.39. The Kier molecular flexibility index (Phi) is 6.95. The van der Waals surface area contributed by atoms with Gasteiger partial charge in [-0.2, -0.15) is 0 Å². The molecular weight excluding hydrogens is 447 g/mol. The van der Waals surface area contributed by atoms with Crippen molar-refractivity contribution in [2.45, 2.75) is 45.6 Å². The number of aryl methyl sites for hydroxylation is 2. The second-order valence-electron chi connectivity index (χ2n) is 9.92. The number of nitrogens with zero attached hydrogens (tertiary/aromatic N) is 1. The highest BCUT2D eigenvalue weighted by Gasteiger charge is 2.30. The van der Waals surface area contributed by atoms with Gasteiger partial charge >= 0.3 is 0 Å². The number of para-hydroxylation sites is 1. The van der Waals surface area contributed by atoms with Crippen LogP contribution in [0.2, 0.25) is 0 Å². The van der Waals surface area contributed by atoms with Crippen LogP contribution in [0, 0.1) is 19.8 Å². The summed E-state index contributed by atoms with van der Waals surface area (Å²) in [5.74, 6) is -0.187. The Morgan fingerprint density at radius 1 is 0.972 bits per heavy atom. The van der Waals surface area contributed by atoms with Crippen molar-refractivity contribution < 1.29 is 9.18 Å². The van der Waals surface area contributed by atoms with Crippen molar-refractivity contribution in [2.24, 2.45) is 5.92 Å². The van der Waals surface area contributed by atoms with Gasteiger partial charge in [-0.25, -0.2) is 4.39 Å². The number of halogens is 1. The first-order valence-corrected chi connectivity index (χ1v) is 12.6. The SMILES string of the molecule is Cc1cc(C)cc(/C(F)=C2/CCC(NC(=O)c3ccnc4ccccc34)CC2Cc2ccccc2)c1. The average Bonchev–Trinajstić information content (AvgIpc) is 2.88. The van der Waals surface area contributed by atoms with E-state index in [1.807, 2.05) is 68.4 Å². The van der Waals surface area contributed by atoms with Crippen molar-refractivity contribution in [3.05, 3.63) is 118 Å². The van der Waals surface area contributed by atoms with Gasteiger partial charge in [0.05, 0.1) is 11.1 Å². The molecule has 0 spiro atoms. The van der Waals surface area contributed by atoms with Crippen LogP contribution in [0.3, 0.4) is 0 Å². The van der Waals surface area contributed by atoms with Crippen LogP contribution in [0.1, 0.15) is 51.9 Å². The third-order valence-corrected chi connectivity index (χ3v) is 7.13. The van der Waals surface area contributed by atoms with Crippen LogP contribution in [0.5, 0.6) is 0 Å². The fraction of sp³-hybridized carbons (Fsp3) is 0.250.